The lowest BCUT2D eigenvalue weighted by molar-refractivity contribution is -0.332. The first-order valence-corrected chi connectivity index (χ1v) is 8.50. The largest absolute Gasteiger partial charge is 0.343 e. The molecule has 0 saturated heterocycles. The molecule has 0 saturated carbocycles. The third-order valence-corrected chi connectivity index (χ3v) is 4.31. The van der Waals surface area contributed by atoms with Crippen molar-refractivity contribution < 1.29 is 19.7 Å². The molecule has 28 heavy (non-hydrogen) atoms. The number of rotatable bonds is 5. The maximum Gasteiger partial charge on any atom is 0.343 e. The Hall–Kier alpha value is -3.17. The molecule has 142 valence electrons. The molecule has 1 aromatic carbocycles. The van der Waals surface area contributed by atoms with Gasteiger partial charge in [-0.05, 0) is 53.6 Å². The fraction of sp³-hybridized carbons (Fsp3) is 0.100. The summed E-state index contributed by atoms with van der Waals surface area (Å²) in [5.41, 5.74) is 4.71. The number of nitrogens with zero attached hydrogens (tertiary/aromatic N) is 3. The monoisotopic (exact) mass is 380 g/mol. The fourth-order valence-corrected chi connectivity index (χ4v) is 3.03. The lowest BCUT2D eigenvalue weighted by Gasteiger charge is -2.15. The van der Waals surface area contributed by atoms with Gasteiger partial charge in [0.25, 0.3) is 0 Å². The molecule has 4 rings (SSSR count). The Labute approximate surface area is 159 Å². The van der Waals surface area contributed by atoms with Crippen LogP contribution in [0.2, 0.25) is 0 Å². The summed E-state index contributed by atoms with van der Waals surface area (Å²) < 4.78 is 15.0. The number of hydrogen-bond donors (Lipinski definition) is 4. The third kappa shape index (κ3) is 3.75. The van der Waals surface area contributed by atoms with Crippen molar-refractivity contribution in [2.24, 2.45) is 0 Å². The number of aliphatic hydroxyl groups is 3. The Morgan fingerprint density at radius 1 is 0.929 bits per heavy atom. The smallest absolute Gasteiger partial charge is 0.330 e. The number of fused-ring (bicyclic) bond motifs is 1. The van der Waals surface area contributed by atoms with Gasteiger partial charge in [-0.3, -0.25) is 4.98 Å². The average Bonchev–Trinajstić information content (AvgIpc) is 3.06. The van der Waals surface area contributed by atoms with Gasteiger partial charge in [0, 0.05) is 36.3 Å². The van der Waals surface area contributed by atoms with Gasteiger partial charge in [-0.2, -0.15) is 5.10 Å². The van der Waals surface area contributed by atoms with E-state index in [2.05, 4.69) is 15.4 Å². The van der Waals surface area contributed by atoms with E-state index in [1.165, 1.54) is 12.1 Å². The SMILES string of the molecule is OC(O)(O)NCc1ccc2c(-c3ccncc3)c(-c3ccc(F)cc3)nn2c1. The fourth-order valence-electron chi connectivity index (χ4n) is 3.03. The van der Waals surface area contributed by atoms with Crippen LogP contribution in [0.1, 0.15) is 5.56 Å². The Morgan fingerprint density at radius 3 is 2.32 bits per heavy atom. The van der Waals surface area contributed by atoms with E-state index in [1.54, 1.807) is 41.3 Å². The summed E-state index contributed by atoms with van der Waals surface area (Å²) in [6.45, 7) is 0.00969. The van der Waals surface area contributed by atoms with Crippen LogP contribution in [0, 0.1) is 5.82 Å². The van der Waals surface area contributed by atoms with Gasteiger partial charge in [0.2, 0.25) is 0 Å². The minimum absolute atomic E-state index is 0.00969. The predicted molar refractivity (Wildman–Crippen MR) is 100 cm³/mol. The summed E-state index contributed by atoms with van der Waals surface area (Å²) in [4.78, 5) is 4.05. The predicted octanol–water partition coefficient (Wildman–Crippen LogP) is 1.88. The van der Waals surface area contributed by atoms with Gasteiger partial charge < -0.3 is 15.3 Å². The second-order valence-corrected chi connectivity index (χ2v) is 6.32. The molecule has 0 aliphatic carbocycles. The molecule has 4 N–H and O–H groups in total. The zero-order valence-corrected chi connectivity index (χ0v) is 14.6. The van der Waals surface area contributed by atoms with Crippen molar-refractivity contribution in [2.45, 2.75) is 12.6 Å². The lowest BCUT2D eigenvalue weighted by atomic mass is 10.0. The van der Waals surface area contributed by atoms with Crippen LogP contribution < -0.4 is 5.32 Å². The highest BCUT2D eigenvalue weighted by Gasteiger charge is 2.19. The molecule has 0 fully saturated rings. The van der Waals surface area contributed by atoms with Crippen LogP contribution in [-0.2, 0) is 6.54 Å². The van der Waals surface area contributed by atoms with E-state index in [0.717, 1.165) is 22.2 Å². The Balaban J connectivity index is 1.85. The minimum atomic E-state index is -2.96. The number of pyridine rings is 2. The highest BCUT2D eigenvalue weighted by Crippen LogP contribution is 2.35. The molecule has 0 atom stereocenters. The highest BCUT2D eigenvalue weighted by atomic mass is 19.1. The molecule has 3 aromatic heterocycles. The van der Waals surface area contributed by atoms with Gasteiger partial charge in [0.05, 0.1) is 5.52 Å². The number of nitrogens with one attached hydrogen (secondary N) is 1. The third-order valence-electron chi connectivity index (χ3n) is 4.31. The Morgan fingerprint density at radius 2 is 1.64 bits per heavy atom. The van der Waals surface area contributed by atoms with Crippen LogP contribution in [0.4, 0.5) is 4.39 Å². The normalized spacial score (nSPS) is 11.9. The zero-order chi connectivity index (χ0) is 19.7. The molecule has 0 bridgehead atoms. The van der Waals surface area contributed by atoms with Crippen LogP contribution in [0.5, 0.6) is 0 Å². The number of halogens is 1. The van der Waals surface area contributed by atoms with E-state index in [9.17, 15) is 4.39 Å². The van der Waals surface area contributed by atoms with Crippen molar-refractivity contribution in [3.63, 3.8) is 0 Å². The molecule has 8 heteroatoms. The van der Waals surface area contributed by atoms with Gasteiger partial charge in [0.1, 0.15) is 11.5 Å². The van der Waals surface area contributed by atoms with E-state index < -0.39 is 6.10 Å². The van der Waals surface area contributed by atoms with Crippen molar-refractivity contribution in [1.82, 2.24) is 19.9 Å². The Kier molecular flexibility index (Phi) is 4.62. The van der Waals surface area contributed by atoms with E-state index in [-0.39, 0.29) is 12.4 Å². The molecule has 0 aliphatic rings. The molecule has 7 nitrogen and oxygen atoms in total. The van der Waals surface area contributed by atoms with E-state index in [1.807, 2.05) is 18.2 Å². The molecular weight excluding hydrogens is 363 g/mol. The first-order chi connectivity index (χ1) is 13.4. The van der Waals surface area contributed by atoms with Gasteiger partial charge in [-0.15, -0.1) is 0 Å². The summed E-state index contributed by atoms with van der Waals surface area (Å²) in [5.74, 6) is -0.327. The first-order valence-electron chi connectivity index (χ1n) is 8.50. The van der Waals surface area contributed by atoms with Crippen molar-refractivity contribution in [2.75, 3.05) is 0 Å². The van der Waals surface area contributed by atoms with E-state index in [4.69, 9.17) is 15.3 Å². The topological polar surface area (TPSA) is 103 Å². The summed E-state index contributed by atoms with van der Waals surface area (Å²) in [6, 6.07) is 13.5. The van der Waals surface area contributed by atoms with Crippen LogP contribution in [-0.4, -0.2) is 36.0 Å². The molecule has 4 aromatic rings. The quantitative estimate of drug-likeness (QED) is 0.394. The van der Waals surface area contributed by atoms with E-state index in [0.29, 0.717) is 11.3 Å². The van der Waals surface area contributed by atoms with E-state index >= 15 is 0 Å². The van der Waals surface area contributed by atoms with Crippen LogP contribution >= 0.6 is 0 Å². The summed E-state index contributed by atoms with van der Waals surface area (Å²) in [5, 5.41) is 33.8. The maximum atomic E-state index is 13.4. The number of benzene rings is 1. The second kappa shape index (κ2) is 7.10. The number of hydrogen-bond acceptors (Lipinski definition) is 6. The zero-order valence-electron chi connectivity index (χ0n) is 14.6. The van der Waals surface area contributed by atoms with Gasteiger partial charge in [0.15, 0.2) is 0 Å². The van der Waals surface area contributed by atoms with Gasteiger partial charge >= 0.3 is 6.10 Å². The van der Waals surface area contributed by atoms with Gasteiger partial charge in [-0.25, -0.2) is 14.2 Å². The van der Waals surface area contributed by atoms with Crippen LogP contribution in [0.25, 0.3) is 27.9 Å². The van der Waals surface area contributed by atoms with Crippen LogP contribution in [0.3, 0.4) is 0 Å². The minimum Gasteiger partial charge on any atom is -0.330 e. The van der Waals surface area contributed by atoms with Crippen molar-refractivity contribution in [3.8, 4) is 22.4 Å². The summed E-state index contributed by atoms with van der Waals surface area (Å²) in [7, 11) is 0. The second-order valence-electron chi connectivity index (χ2n) is 6.32. The Bertz CT molecular complexity index is 1110. The van der Waals surface area contributed by atoms with Gasteiger partial charge in [-0.1, -0.05) is 6.07 Å². The molecular formula is C20H17FN4O3. The molecule has 0 unspecified atom stereocenters. The molecule has 0 amide bonds. The number of aromatic nitrogens is 3. The van der Waals surface area contributed by atoms with Crippen LogP contribution in [0.15, 0.2) is 67.1 Å². The highest BCUT2D eigenvalue weighted by molar-refractivity contribution is 5.92. The standard InChI is InChI=1S/C20H17FN4O3/c21-16-4-2-15(3-5-16)19-18(14-7-9-22-10-8-14)17-6-1-13(12-25(17)24-19)11-23-20(26,27)28/h1-10,12,23,26-28H,11H2. The van der Waals surface area contributed by atoms with Crippen molar-refractivity contribution >= 4 is 5.52 Å². The first kappa shape index (κ1) is 18.2. The van der Waals surface area contributed by atoms with Crippen molar-refractivity contribution in [3.05, 3.63) is 78.5 Å². The lowest BCUT2D eigenvalue weighted by Crippen LogP contribution is -2.44. The molecule has 0 aliphatic heterocycles. The summed E-state index contributed by atoms with van der Waals surface area (Å²) in [6.07, 6.45) is 2.14. The summed E-state index contributed by atoms with van der Waals surface area (Å²) >= 11 is 0. The maximum absolute atomic E-state index is 13.4. The average molecular weight is 380 g/mol. The molecule has 3 heterocycles. The molecule has 0 spiro atoms. The molecule has 0 radical (unpaired) electrons. The van der Waals surface area contributed by atoms with Crippen molar-refractivity contribution in [1.29, 1.82) is 0 Å².